The van der Waals surface area contributed by atoms with Crippen LogP contribution in [0.3, 0.4) is 0 Å². The molecule has 0 fully saturated rings. The van der Waals surface area contributed by atoms with E-state index in [1.807, 2.05) is 62.4 Å². The summed E-state index contributed by atoms with van der Waals surface area (Å²) in [6.45, 7) is 5.24. The number of benzene rings is 2. The molecule has 0 aliphatic carbocycles. The average molecular weight is 381 g/mol. The summed E-state index contributed by atoms with van der Waals surface area (Å²) in [5.41, 5.74) is 1.82. The van der Waals surface area contributed by atoms with Crippen molar-refractivity contribution in [3.05, 3.63) is 48.5 Å². The van der Waals surface area contributed by atoms with Gasteiger partial charge in [0.15, 0.2) is 5.11 Å². The molecule has 0 spiro atoms. The van der Waals surface area contributed by atoms with Crippen LogP contribution in [0, 0.1) is 0 Å². The Hall–Kier alpha value is 0.366. The number of hydrogen-bond donors (Lipinski definition) is 2. The summed E-state index contributed by atoms with van der Waals surface area (Å²) in [6.07, 6.45) is 0. The quantitative estimate of drug-likeness (QED) is 0.596. The van der Waals surface area contributed by atoms with E-state index in [1.165, 1.54) is 0 Å². The van der Waals surface area contributed by atoms with E-state index in [0.717, 1.165) is 22.9 Å². The maximum absolute atomic E-state index is 5.40. The predicted octanol–water partition coefficient (Wildman–Crippen LogP) is 3.00. The van der Waals surface area contributed by atoms with E-state index < -0.39 is 0 Å². The van der Waals surface area contributed by atoms with E-state index in [0.29, 0.717) is 18.3 Å². The second-order valence-electron chi connectivity index (χ2n) is 4.49. The Bertz CT molecular complexity index is 555. The number of rotatable bonds is 6. The first kappa shape index (κ1) is 24.4. The van der Waals surface area contributed by atoms with Crippen molar-refractivity contribution in [3.8, 4) is 11.5 Å². The van der Waals surface area contributed by atoms with Crippen molar-refractivity contribution in [2.24, 2.45) is 0 Å². The monoisotopic (exact) mass is 380 g/mol. The third kappa shape index (κ3) is 8.65. The Morgan fingerprint density at radius 2 is 1.12 bits per heavy atom. The zero-order valence-electron chi connectivity index (χ0n) is 12.8. The Morgan fingerprint density at radius 1 is 0.792 bits per heavy atom. The Morgan fingerprint density at radius 3 is 1.42 bits per heavy atom. The number of hydrogen-bond acceptors (Lipinski definition) is 3. The van der Waals surface area contributed by atoms with Gasteiger partial charge < -0.3 is 20.1 Å². The van der Waals surface area contributed by atoms with Gasteiger partial charge in [0.2, 0.25) is 0 Å². The molecule has 0 aromatic heterocycles. The number of thiocarbonyl (C=S) groups is 1. The molecule has 0 heterocycles. The van der Waals surface area contributed by atoms with E-state index in [9.17, 15) is 0 Å². The summed E-state index contributed by atoms with van der Waals surface area (Å²) in [6, 6.07) is 15.3. The first-order valence-electron chi connectivity index (χ1n) is 7.25. The summed E-state index contributed by atoms with van der Waals surface area (Å²) in [5, 5.41) is 6.80. The maximum atomic E-state index is 5.40. The molecule has 0 atom stereocenters. The van der Waals surface area contributed by atoms with Crippen molar-refractivity contribution < 1.29 is 9.47 Å². The van der Waals surface area contributed by atoms with Crippen LogP contribution in [0.25, 0.3) is 0 Å². The van der Waals surface area contributed by atoms with Gasteiger partial charge in [-0.3, -0.25) is 0 Å². The fourth-order valence-corrected chi connectivity index (χ4v) is 2.13. The molecule has 0 aliphatic rings. The van der Waals surface area contributed by atoms with E-state index in [-0.39, 0.29) is 80.9 Å². The predicted molar refractivity (Wildman–Crippen MR) is 109 cm³/mol. The summed E-state index contributed by atoms with van der Waals surface area (Å²) >= 11 is 5.30. The summed E-state index contributed by atoms with van der Waals surface area (Å²) < 4.78 is 10.8. The Kier molecular flexibility index (Phi) is 13.8. The van der Waals surface area contributed by atoms with Crippen molar-refractivity contribution in [1.29, 1.82) is 0 Å². The van der Waals surface area contributed by atoms with Gasteiger partial charge in [0.05, 0.1) is 13.2 Å². The summed E-state index contributed by atoms with van der Waals surface area (Å²) in [5.74, 6) is 1.69. The van der Waals surface area contributed by atoms with Crippen molar-refractivity contribution in [1.82, 2.24) is 0 Å². The molecule has 120 valence electrons. The molecule has 0 saturated heterocycles. The third-order valence-electron chi connectivity index (χ3n) is 2.85. The van der Waals surface area contributed by atoms with Crippen LogP contribution < -0.4 is 20.1 Å². The van der Waals surface area contributed by atoms with Crippen molar-refractivity contribution in [2.75, 3.05) is 23.8 Å². The van der Waals surface area contributed by atoms with Gasteiger partial charge in [0.1, 0.15) is 11.5 Å². The van der Waals surface area contributed by atoms with Gasteiger partial charge in [0.25, 0.3) is 0 Å². The van der Waals surface area contributed by atoms with E-state index in [4.69, 9.17) is 21.7 Å². The number of nitrogens with one attached hydrogen (secondary N) is 2. The fourth-order valence-electron chi connectivity index (χ4n) is 1.90. The van der Waals surface area contributed by atoms with Gasteiger partial charge in [-0.1, -0.05) is 0 Å². The van der Waals surface area contributed by atoms with Crippen LogP contribution in [0.1, 0.15) is 13.8 Å². The first-order valence-corrected chi connectivity index (χ1v) is 7.65. The first-order chi connectivity index (χ1) is 10.7. The summed E-state index contributed by atoms with van der Waals surface area (Å²) in [7, 11) is 0. The van der Waals surface area contributed by atoms with Gasteiger partial charge >= 0.3 is 80.9 Å². The van der Waals surface area contributed by atoms with Crippen LogP contribution in [0.2, 0.25) is 0 Å². The molecule has 2 aromatic carbocycles. The van der Waals surface area contributed by atoms with Crippen molar-refractivity contribution in [3.63, 3.8) is 0 Å². The molecule has 0 saturated carbocycles. The molecule has 2 aromatic rings. The van der Waals surface area contributed by atoms with Gasteiger partial charge in [-0.05, 0) is 74.6 Å². The standard InChI is InChI=1S/C17H20N2O2S.K.Na.2H/c1-3-20-15-9-5-13(6-10-15)18-17(22)19-14-7-11-16(12-8-14)21-4-2;;;;/h5-12H,3-4H2,1-2H3,(H2,18,19,22);;;;. The molecule has 24 heavy (non-hydrogen) atoms. The number of ether oxygens (including phenoxy) is 2. The second-order valence-corrected chi connectivity index (χ2v) is 4.90. The van der Waals surface area contributed by atoms with Crippen molar-refractivity contribution >= 4 is 110 Å². The second kappa shape index (κ2) is 13.6. The SMILES string of the molecule is CCOc1ccc(NC(=S)Nc2ccc(OCC)cc2)cc1.[KH].[NaH]. The van der Waals surface area contributed by atoms with Crippen LogP contribution in [-0.4, -0.2) is 99.3 Å². The van der Waals surface area contributed by atoms with Crippen LogP contribution >= 0.6 is 12.2 Å². The van der Waals surface area contributed by atoms with Gasteiger partial charge in [-0.2, -0.15) is 0 Å². The van der Waals surface area contributed by atoms with E-state index >= 15 is 0 Å². The molecule has 4 nitrogen and oxygen atoms in total. The molecular formula is C17H22KN2NaO2S. The Labute approximate surface area is 213 Å². The van der Waals surface area contributed by atoms with Crippen LogP contribution in [-0.2, 0) is 0 Å². The molecule has 0 bridgehead atoms. The van der Waals surface area contributed by atoms with E-state index in [1.54, 1.807) is 0 Å². The third-order valence-corrected chi connectivity index (χ3v) is 3.05. The van der Waals surface area contributed by atoms with Gasteiger partial charge in [0, 0.05) is 11.4 Å². The van der Waals surface area contributed by atoms with Crippen LogP contribution in [0.5, 0.6) is 11.5 Å². The molecule has 0 radical (unpaired) electrons. The normalized spacial score (nSPS) is 9.08. The number of anilines is 2. The zero-order chi connectivity index (χ0) is 15.8. The minimum atomic E-state index is 0. The molecule has 7 heteroatoms. The van der Waals surface area contributed by atoms with Crippen LogP contribution in [0.4, 0.5) is 11.4 Å². The van der Waals surface area contributed by atoms with Gasteiger partial charge in [-0.15, -0.1) is 0 Å². The Balaban J connectivity index is 0.00000264. The zero-order valence-corrected chi connectivity index (χ0v) is 13.6. The molecule has 2 N–H and O–H groups in total. The molecule has 2 rings (SSSR count). The van der Waals surface area contributed by atoms with E-state index in [2.05, 4.69) is 10.6 Å². The van der Waals surface area contributed by atoms with Crippen molar-refractivity contribution in [2.45, 2.75) is 13.8 Å². The molecule has 0 unspecified atom stereocenters. The molecular weight excluding hydrogens is 358 g/mol. The van der Waals surface area contributed by atoms with Gasteiger partial charge in [-0.25, -0.2) is 0 Å². The topological polar surface area (TPSA) is 42.5 Å². The minimum absolute atomic E-state index is 0. The fraction of sp³-hybridized carbons (Fsp3) is 0.235. The average Bonchev–Trinajstić information content (AvgIpc) is 2.52. The molecule has 0 amide bonds. The molecule has 0 aliphatic heterocycles. The summed E-state index contributed by atoms with van der Waals surface area (Å²) in [4.78, 5) is 0. The van der Waals surface area contributed by atoms with Crippen LogP contribution in [0.15, 0.2) is 48.5 Å².